The van der Waals surface area contributed by atoms with E-state index >= 15 is 0 Å². The number of anilines is 1. The van der Waals surface area contributed by atoms with E-state index in [-0.39, 0.29) is 10.1 Å². The SMILES string of the molecule is Cc1cc(Cl)ccc1NC(=O)[C@H](NS(=O)(=O)c1cccs1)C(C)C. The molecule has 0 spiro atoms. The summed E-state index contributed by atoms with van der Waals surface area (Å²) >= 11 is 7.01. The first-order chi connectivity index (χ1) is 11.2. The maximum atomic E-state index is 12.6. The van der Waals surface area contributed by atoms with Crippen LogP contribution < -0.4 is 10.0 Å². The maximum absolute atomic E-state index is 12.6. The second-order valence-corrected chi connectivity index (χ2v) is 9.05. The first kappa shape index (κ1) is 18.9. The molecule has 1 heterocycles. The van der Waals surface area contributed by atoms with Crippen molar-refractivity contribution in [3.8, 4) is 0 Å². The van der Waals surface area contributed by atoms with E-state index in [4.69, 9.17) is 11.6 Å². The standard InChI is InChI=1S/C16H19ClN2O3S2/c1-10(2)15(19-24(21,22)14-5-4-8-23-14)16(20)18-13-7-6-12(17)9-11(13)3/h4-10,15,19H,1-3H3,(H,18,20)/t15-/m1/s1. The van der Waals surface area contributed by atoms with E-state index in [2.05, 4.69) is 10.0 Å². The van der Waals surface area contributed by atoms with E-state index < -0.39 is 22.0 Å². The number of rotatable bonds is 6. The highest BCUT2D eigenvalue weighted by Gasteiger charge is 2.29. The molecule has 0 saturated heterocycles. The van der Waals surface area contributed by atoms with Crippen molar-refractivity contribution in [3.63, 3.8) is 0 Å². The molecule has 0 radical (unpaired) electrons. The summed E-state index contributed by atoms with van der Waals surface area (Å²) in [7, 11) is -3.73. The van der Waals surface area contributed by atoms with Gasteiger partial charge in [-0.25, -0.2) is 8.42 Å². The summed E-state index contributed by atoms with van der Waals surface area (Å²) in [6, 6.07) is 7.38. The van der Waals surface area contributed by atoms with Gasteiger partial charge >= 0.3 is 0 Å². The molecule has 0 aliphatic heterocycles. The summed E-state index contributed by atoms with van der Waals surface area (Å²) < 4.78 is 27.4. The molecule has 2 rings (SSSR count). The summed E-state index contributed by atoms with van der Waals surface area (Å²) in [5, 5.41) is 5.02. The third-order valence-electron chi connectivity index (χ3n) is 3.44. The number of amides is 1. The molecular formula is C16H19ClN2O3S2. The summed E-state index contributed by atoms with van der Waals surface area (Å²) in [6.07, 6.45) is 0. The number of carbonyl (C=O) groups is 1. The van der Waals surface area contributed by atoms with E-state index in [9.17, 15) is 13.2 Å². The van der Waals surface area contributed by atoms with Crippen LogP contribution in [0.4, 0.5) is 5.69 Å². The zero-order valence-corrected chi connectivity index (χ0v) is 15.9. The van der Waals surface area contributed by atoms with Crippen molar-refractivity contribution in [1.29, 1.82) is 0 Å². The highest BCUT2D eigenvalue weighted by Crippen LogP contribution is 2.21. The zero-order valence-electron chi connectivity index (χ0n) is 13.5. The Morgan fingerprint density at radius 1 is 1.25 bits per heavy atom. The number of benzene rings is 1. The Labute approximate surface area is 151 Å². The van der Waals surface area contributed by atoms with Crippen LogP contribution in [-0.4, -0.2) is 20.4 Å². The Morgan fingerprint density at radius 3 is 2.50 bits per heavy atom. The maximum Gasteiger partial charge on any atom is 0.250 e. The first-order valence-electron chi connectivity index (χ1n) is 7.33. The molecule has 1 amide bonds. The fourth-order valence-corrected chi connectivity index (χ4v) is 4.69. The summed E-state index contributed by atoms with van der Waals surface area (Å²) in [6.45, 7) is 5.40. The second-order valence-electron chi connectivity index (χ2n) is 5.72. The van der Waals surface area contributed by atoms with Gasteiger partial charge in [-0.3, -0.25) is 4.79 Å². The van der Waals surface area contributed by atoms with Crippen molar-refractivity contribution >= 4 is 44.6 Å². The molecule has 0 fully saturated rings. The number of aryl methyl sites for hydroxylation is 1. The fraction of sp³-hybridized carbons (Fsp3) is 0.312. The van der Waals surface area contributed by atoms with Crippen molar-refractivity contribution in [3.05, 3.63) is 46.3 Å². The van der Waals surface area contributed by atoms with Gasteiger partial charge in [0.05, 0.1) is 0 Å². The van der Waals surface area contributed by atoms with Crippen LogP contribution in [0.3, 0.4) is 0 Å². The average molecular weight is 387 g/mol. The lowest BCUT2D eigenvalue weighted by Gasteiger charge is -2.21. The van der Waals surface area contributed by atoms with Gasteiger partial charge in [0.15, 0.2) is 0 Å². The Hall–Kier alpha value is -1.41. The molecule has 2 aromatic rings. The Morgan fingerprint density at radius 2 is 1.96 bits per heavy atom. The van der Waals surface area contributed by atoms with Crippen LogP contribution in [0.2, 0.25) is 5.02 Å². The topological polar surface area (TPSA) is 75.3 Å². The number of hydrogen-bond donors (Lipinski definition) is 2. The van der Waals surface area contributed by atoms with Crippen LogP contribution in [0.25, 0.3) is 0 Å². The molecule has 8 heteroatoms. The smallest absolute Gasteiger partial charge is 0.250 e. The zero-order chi connectivity index (χ0) is 17.9. The van der Waals surface area contributed by atoms with Gasteiger partial charge in [-0.15, -0.1) is 11.3 Å². The lowest BCUT2D eigenvalue weighted by atomic mass is 10.0. The van der Waals surface area contributed by atoms with Gasteiger partial charge in [0.1, 0.15) is 10.3 Å². The van der Waals surface area contributed by atoms with E-state index in [0.29, 0.717) is 10.7 Å². The van der Waals surface area contributed by atoms with E-state index in [0.717, 1.165) is 16.9 Å². The van der Waals surface area contributed by atoms with Crippen molar-refractivity contribution < 1.29 is 13.2 Å². The van der Waals surface area contributed by atoms with Crippen LogP contribution in [0.15, 0.2) is 39.9 Å². The van der Waals surface area contributed by atoms with Crippen molar-refractivity contribution in [1.82, 2.24) is 4.72 Å². The predicted molar refractivity (Wildman–Crippen MR) is 98.1 cm³/mol. The van der Waals surface area contributed by atoms with Crippen molar-refractivity contribution in [2.45, 2.75) is 31.0 Å². The largest absolute Gasteiger partial charge is 0.324 e. The highest BCUT2D eigenvalue weighted by atomic mass is 35.5. The Bertz CT molecular complexity index is 818. The van der Waals surface area contributed by atoms with Gasteiger partial charge in [0, 0.05) is 10.7 Å². The van der Waals surface area contributed by atoms with Gasteiger partial charge < -0.3 is 5.32 Å². The van der Waals surface area contributed by atoms with Crippen molar-refractivity contribution in [2.24, 2.45) is 5.92 Å². The Kier molecular flexibility index (Phi) is 6.03. The molecule has 1 aromatic carbocycles. The van der Waals surface area contributed by atoms with Crippen LogP contribution in [-0.2, 0) is 14.8 Å². The third kappa shape index (κ3) is 4.57. The van der Waals surface area contributed by atoms with Crippen molar-refractivity contribution in [2.75, 3.05) is 5.32 Å². The number of thiophene rings is 1. The molecule has 0 unspecified atom stereocenters. The third-order valence-corrected chi connectivity index (χ3v) is 6.51. The minimum Gasteiger partial charge on any atom is -0.324 e. The predicted octanol–water partition coefficient (Wildman–Crippen LogP) is 3.65. The van der Waals surface area contributed by atoms with Gasteiger partial charge in [0.2, 0.25) is 5.91 Å². The van der Waals surface area contributed by atoms with E-state index in [1.807, 2.05) is 6.92 Å². The van der Waals surface area contributed by atoms with Gasteiger partial charge in [-0.05, 0) is 48.1 Å². The number of nitrogens with one attached hydrogen (secondary N) is 2. The quantitative estimate of drug-likeness (QED) is 0.795. The lowest BCUT2D eigenvalue weighted by molar-refractivity contribution is -0.118. The van der Waals surface area contributed by atoms with E-state index in [1.165, 1.54) is 6.07 Å². The Balaban J connectivity index is 2.19. The molecule has 5 nitrogen and oxygen atoms in total. The molecule has 0 aliphatic carbocycles. The molecule has 130 valence electrons. The van der Waals surface area contributed by atoms with Crippen LogP contribution in [0, 0.1) is 12.8 Å². The van der Waals surface area contributed by atoms with Gasteiger partial charge in [-0.2, -0.15) is 4.72 Å². The number of halogens is 1. The lowest BCUT2D eigenvalue weighted by Crippen LogP contribution is -2.46. The molecule has 0 saturated carbocycles. The number of sulfonamides is 1. The van der Waals surface area contributed by atoms with Crippen LogP contribution in [0.1, 0.15) is 19.4 Å². The molecule has 1 aromatic heterocycles. The molecular weight excluding hydrogens is 368 g/mol. The summed E-state index contributed by atoms with van der Waals surface area (Å²) in [4.78, 5) is 12.6. The molecule has 2 N–H and O–H groups in total. The van der Waals surface area contributed by atoms with Gasteiger partial charge in [-0.1, -0.05) is 31.5 Å². The average Bonchev–Trinajstić information content (AvgIpc) is 3.02. The minimum absolute atomic E-state index is 0.184. The van der Waals surface area contributed by atoms with Gasteiger partial charge in [0.25, 0.3) is 10.0 Å². The van der Waals surface area contributed by atoms with Crippen LogP contribution in [0.5, 0.6) is 0 Å². The highest BCUT2D eigenvalue weighted by molar-refractivity contribution is 7.91. The summed E-state index contributed by atoms with van der Waals surface area (Å²) in [5.41, 5.74) is 1.41. The second kappa shape index (κ2) is 7.65. The normalized spacial score (nSPS) is 13.0. The first-order valence-corrected chi connectivity index (χ1v) is 10.1. The van der Waals surface area contributed by atoms with Crippen LogP contribution >= 0.6 is 22.9 Å². The molecule has 0 aliphatic rings. The molecule has 1 atom stereocenters. The number of hydrogen-bond acceptors (Lipinski definition) is 4. The fourth-order valence-electron chi connectivity index (χ4n) is 2.11. The monoisotopic (exact) mass is 386 g/mol. The summed E-state index contributed by atoms with van der Waals surface area (Å²) in [5.74, 6) is -0.622. The molecule has 0 bridgehead atoms. The minimum atomic E-state index is -3.73. The van der Waals surface area contributed by atoms with E-state index in [1.54, 1.807) is 43.5 Å². The molecule has 24 heavy (non-hydrogen) atoms. The number of carbonyl (C=O) groups excluding carboxylic acids is 1.